The SMILES string of the molecule is c1cn(CCCCNC2CCCC2C2CCCN2)cn1. The van der Waals surface area contributed by atoms with Crippen LogP contribution >= 0.6 is 0 Å². The van der Waals surface area contributed by atoms with Crippen LogP contribution in [0.4, 0.5) is 0 Å². The second-order valence-electron chi connectivity index (χ2n) is 6.37. The second kappa shape index (κ2) is 7.23. The fourth-order valence-corrected chi connectivity index (χ4v) is 3.93. The molecule has 0 aromatic carbocycles. The number of nitrogens with zero attached hydrogens (tertiary/aromatic N) is 2. The van der Waals surface area contributed by atoms with Crippen LogP contribution in [0.2, 0.25) is 0 Å². The molecular weight excluding hydrogens is 248 g/mol. The maximum absolute atomic E-state index is 4.08. The molecule has 0 radical (unpaired) electrons. The number of hydrogen-bond donors (Lipinski definition) is 2. The first-order valence-electron chi connectivity index (χ1n) is 8.36. The van der Waals surface area contributed by atoms with Crippen molar-refractivity contribution < 1.29 is 0 Å². The molecule has 4 nitrogen and oxygen atoms in total. The van der Waals surface area contributed by atoms with Gasteiger partial charge in [0, 0.05) is 31.0 Å². The van der Waals surface area contributed by atoms with Crippen LogP contribution in [0, 0.1) is 5.92 Å². The van der Waals surface area contributed by atoms with Gasteiger partial charge in [-0.25, -0.2) is 4.98 Å². The molecule has 2 aliphatic rings. The van der Waals surface area contributed by atoms with Crippen LogP contribution in [0.1, 0.15) is 44.9 Å². The fraction of sp³-hybridized carbons (Fsp3) is 0.812. The Morgan fingerprint density at radius 3 is 3.00 bits per heavy atom. The highest BCUT2D eigenvalue weighted by atomic mass is 15.0. The average molecular weight is 276 g/mol. The van der Waals surface area contributed by atoms with Gasteiger partial charge >= 0.3 is 0 Å². The number of rotatable bonds is 7. The summed E-state index contributed by atoms with van der Waals surface area (Å²) in [4.78, 5) is 4.08. The third-order valence-electron chi connectivity index (χ3n) is 4.99. The second-order valence-corrected chi connectivity index (χ2v) is 6.37. The van der Waals surface area contributed by atoms with Gasteiger partial charge in [0.15, 0.2) is 0 Å². The summed E-state index contributed by atoms with van der Waals surface area (Å²) >= 11 is 0. The van der Waals surface area contributed by atoms with Gasteiger partial charge in [0.2, 0.25) is 0 Å². The molecule has 1 saturated heterocycles. The van der Waals surface area contributed by atoms with Gasteiger partial charge in [-0.05, 0) is 57.5 Å². The first-order valence-corrected chi connectivity index (χ1v) is 8.36. The van der Waals surface area contributed by atoms with Gasteiger partial charge in [0.1, 0.15) is 0 Å². The molecule has 4 heteroatoms. The maximum Gasteiger partial charge on any atom is 0.0945 e. The summed E-state index contributed by atoms with van der Waals surface area (Å²) < 4.78 is 2.17. The monoisotopic (exact) mass is 276 g/mol. The summed E-state index contributed by atoms with van der Waals surface area (Å²) in [7, 11) is 0. The summed E-state index contributed by atoms with van der Waals surface area (Å²) in [6.45, 7) is 3.50. The molecular formula is C16H28N4. The largest absolute Gasteiger partial charge is 0.337 e. The Morgan fingerprint density at radius 1 is 1.20 bits per heavy atom. The highest BCUT2D eigenvalue weighted by Crippen LogP contribution is 2.31. The molecule has 3 rings (SSSR count). The van der Waals surface area contributed by atoms with E-state index in [-0.39, 0.29) is 0 Å². The highest BCUT2D eigenvalue weighted by molar-refractivity contribution is 4.93. The Hall–Kier alpha value is -0.870. The van der Waals surface area contributed by atoms with Crippen LogP contribution in [0.15, 0.2) is 18.7 Å². The van der Waals surface area contributed by atoms with E-state index in [4.69, 9.17) is 0 Å². The number of nitrogens with one attached hydrogen (secondary N) is 2. The fourth-order valence-electron chi connectivity index (χ4n) is 3.93. The third kappa shape index (κ3) is 3.61. The van der Waals surface area contributed by atoms with Crippen molar-refractivity contribution in [3.63, 3.8) is 0 Å². The quantitative estimate of drug-likeness (QED) is 0.750. The zero-order valence-corrected chi connectivity index (χ0v) is 12.4. The molecule has 1 aliphatic carbocycles. The van der Waals surface area contributed by atoms with E-state index in [1.165, 1.54) is 58.0 Å². The lowest BCUT2D eigenvalue weighted by atomic mass is 9.93. The first-order chi connectivity index (χ1) is 9.93. The van der Waals surface area contributed by atoms with E-state index in [9.17, 15) is 0 Å². The summed E-state index contributed by atoms with van der Waals surface area (Å²) in [5.74, 6) is 0.881. The standard InChI is InChI=1S/C16H28N4/c1(2-11-20-12-10-17-13-20)8-18-15-6-3-5-14(15)16-7-4-9-19-16/h10,12-16,18-19H,1-9,11H2. The predicted octanol–water partition coefficient (Wildman–Crippen LogP) is 2.17. The van der Waals surface area contributed by atoms with Crippen molar-refractivity contribution in [1.82, 2.24) is 20.2 Å². The van der Waals surface area contributed by atoms with Gasteiger partial charge in [-0.2, -0.15) is 0 Å². The minimum absolute atomic E-state index is 0.763. The lowest BCUT2D eigenvalue weighted by Crippen LogP contribution is -2.42. The van der Waals surface area contributed by atoms with Crippen LogP contribution in [-0.4, -0.2) is 34.7 Å². The van der Waals surface area contributed by atoms with E-state index in [0.29, 0.717) is 0 Å². The van der Waals surface area contributed by atoms with Crippen molar-refractivity contribution in [1.29, 1.82) is 0 Å². The smallest absolute Gasteiger partial charge is 0.0945 e. The van der Waals surface area contributed by atoms with Crippen LogP contribution in [0.3, 0.4) is 0 Å². The highest BCUT2D eigenvalue weighted by Gasteiger charge is 2.34. The number of aryl methyl sites for hydroxylation is 1. The summed E-state index contributed by atoms with van der Waals surface area (Å²) in [6, 6.07) is 1.56. The molecule has 2 heterocycles. The normalized spacial score (nSPS) is 30.1. The third-order valence-corrected chi connectivity index (χ3v) is 4.99. The molecule has 1 aromatic heterocycles. The van der Waals surface area contributed by atoms with Crippen molar-refractivity contribution in [3.8, 4) is 0 Å². The van der Waals surface area contributed by atoms with Crippen LogP contribution in [0.5, 0.6) is 0 Å². The van der Waals surface area contributed by atoms with Gasteiger partial charge in [-0.15, -0.1) is 0 Å². The van der Waals surface area contributed by atoms with Crippen molar-refractivity contribution >= 4 is 0 Å². The molecule has 1 aliphatic heterocycles. The Balaban J connectivity index is 1.33. The molecule has 3 atom stereocenters. The van der Waals surface area contributed by atoms with Crippen molar-refractivity contribution in [2.45, 2.75) is 63.6 Å². The molecule has 1 aromatic rings. The first kappa shape index (κ1) is 14.1. The Labute approximate surface area is 122 Å². The number of aromatic nitrogens is 2. The molecule has 2 N–H and O–H groups in total. The van der Waals surface area contributed by atoms with Crippen LogP contribution < -0.4 is 10.6 Å². The van der Waals surface area contributed by atoms with E-state index in [1.807, 2.05) is 18.7 Å². The van der Waals surface area contributed by atoms with E-state index in [2.05, 4.69) is 20.2 Å². The molecule has 0 amide bonds. The summed E-state index contributed by atoms with van der Waals surface area (Å²) in [6.07, 6.45) is 15.3. The minimum Gasteiger partial charge on any atom is -0.337 e. The molecule has 1 saturated carbocycles. The van der Waals surface area contributed by atoms with Gasteiger partial charge in [0.05, 0.1) is 6.33 Å². The summed E-state index contributed by atoms with van der Waals surface area (Å²) in [5.41, 5.74) is 0. The zero-order chi connectivity index (χ0) is 13.6. The van der Waals surface area contributed by atoms with Gasteiger partial charge in [-0.3, -0.25) is 0 Å². The van der Waals surface area contributed by atoms with E-state index >= 15 is 0 Å². The molecule has 3 unspecified atom stereocenters. The minimum atomic E-state index is 0.763. The lowest BCUT2D eigenvalue weighted by molar-refractivity contribution is 0.319. The molecule has 2 fully saturated rings. The molecule has 0 spiro atoms. The summed E-state index contributed by atoms with van der Waals surface area (Å²) in [5, 5.41) is 7.52. The topological polar surface area (TPSA) is 41.9 Å². The van der Waals surface area contributed by atoms with Crippen molar-refractivity contribution in [2.75, 3.05) is 13.1 Å². The zero-order valence-electron chi connectivity index (χ0n) is 12.4. The number of imidazole rings is 1. The Morgan fingerprint density at radius 2 is 2.20 bits per heavy atom. The van der Waals surface area contributed by atoms with E-state index in [1.54, 1.807) is 0 Å². The van der Waals surface area contributed by atoms with Gasteiger partial charge in [0.25, 0.3) is 0 Å². The lowest BCUT2D eigenvalue weighted by Gasteiger charge is -2.26. The maximum atomic E-state index is 4.08. The molecule has 112 valence electrons. The molecule has 0 bridgehead atoms. The number of hydrogen-bond acceptors (Lipinski definition) is 3. The number of unbranched alkanes of at least 4 members (excludes halogenated alkanes) is 1. The predicted molar refractivity (Wildman–Crippen MR) is 81.6 cm³/mol. The average Bonchev–Trinajstić information content (AvgIpc) is 3.20. The van der Waals surface area contributed by atoms with Crippen molar-refractivity contribution in [2.24, 2.45) is 5.92 Å². The van der Waals surface area contributed by atoms with E-state index < -0.39 is 0 Å². The molecule has 20 heavy (non-hydrogen) atoms. The van der Waals surface area contributed by atoms with Crippen LogP contribution in [-0.2, 0) is 6.54 Å². The van der Waals surface area contributed by atoms with Gasteiger partial charge < -0.3 is 15.2 Å². The van der Waals surface area contributed by atoms with Gasteiger partial charge in [-0.1, -0.05) is 6.42 Å². The van der Waals surface area contributed by atoms with Crippen LogP contribution in [0.25, 0.3) is 0 Å². The Kier molecular flexibility index (Phi) is 5.09. The van der Waals surface area contributed by atoms with Crippen molar-refractivity contribution in [3.05, 3.63) is 18.7 Å². The van der Waals surface area contributed by atoms with E-state index in [0.717, 1.165) is 24.5 Å². The Bertz CT molecular complexity index is 370.